The van der Waals surface area contributed by atoms with Crippen molar-refractivity contribution < 1.29 is 19.4 Å². The number of urea groups is 1. The molecule has 3 atom stereocenters. The zero-order valence-corrected chi connectivity index (χ0v) is 23.2. The number of hydrogen-bond acceptors (Lipinski definition) is 6. The molecular formula is C32H40N4O4. The number of piperazine rings is 1. The maximum atomic E-state index is 12.1. The molecule has 2 heterocycles. The van der Waals surface area contributed by atoms with E-state index in [1.165, 1.54) is 5.56 Å². The second kappa shape index (κ2) is 13.9. The molecular weight excluding hydrogens is 504 g/mol. The van der Waals surface area contributed by atoms with E-state index in [-0.39, 0.29) is 24.8 Å². The van der Waals surface area contributed by atoms with Crippen molar-refractivity contribution in [3.63, 3.8) is 0 Å². The number of carbonyl (C=O) groups excluding carboxylic acids is 1. The van der Waals surface area contributed by atoms with Gasteiger partial charge in [-0.25, -0.2) is 4.79 Å². The van der Waals surface area contributed by atoms with Crippen molar-refractivity contribution in [2.45, 2.75) is 45.0 Å². The zero-order chi connectivity index (χ0) is 27.7. The molecule has 8 nitrogen and oxygen atoms in total. The molecule has 0 aliphatic carbocycles. The van der Waals surface area contributed by atoms with E-state index in [1.807, 2.05) is 55.5 Å². The number of aliphatic hydroxyl groups is 1. The van der Waals surface area contributed by atoms with E-state index in [2.05, 4.69) is 50.8 Å². The highest BCUT2D eigenvalue weighted by atomic mass is 16.7. The molecule has 3 aromatic carbocycles. The van der Waals surface area contributed by atoms with Crippen molar-refractivity contribution in [1.82, 2.24) is 15.1 Å². The van der Waals surface area contributed by atoms with Crippen molar-refractivity contribution >= 4 is 11.7 Å². The molecule has 0 spiro atoms. The average molecular weight is 545 g/mol. The molecule has 0 unspecified atom stereocenters. The van der Waals surface area contributed by atoms with Crippen molar-refractivity contribution in [2.24, 2.45) is 0 Å². The molecule has 3 aromatic rings. The normalized spacial score (nSPS) is 22.1. The number of ether oxygens (including phenoxy) is 2. The Balaban J connectivity index is 1.26. The fourth-order valence-electron chi connectivity index (χ4n) is 5.39. The van der Waals surface area contributed by atoms with Gasteiger partial charge in [0.15, 0.2) is 6.29 Å². The predicted octanol–water partition coefficient (Wildman–Crippen LogP) is 4.68. The predicted molar refractivity (Wildman–Crippen MR) is 156 cm³/mol. The molecule has 2 aliphatic heterocycles. The third kappa shape index (κ3) is 7.68. The number of carbonyl (C=O) groups is 1. The van der Waals surface area contributed by atoms with Gasteiger partial charge in [-0.15, -0.1) is 0 Å². The molecule has 2 fully saturated rings. The van der Waals surface area contributed by atoms with Crippen LogP contribution in [0.1, 0.15) is 48.0 Å². The summed E-state index contributed by atoms with van der Waals surface area (Å²) in [6, 6.07) is 26.0. The molecule has 0 aromatic heterocycles. The summed E-state index contributed by atoms with van der Waals surface area (Å²) < 4.78 is 13.1. The van der Waals surface area contributed by atoms with Crippen LogP contribution in [0.15, 0.2) is 78.9 Å². The summed E-state index contributed by atoms with van der Waals surface area (Å²) in [4.78, 5) is 17.1. The molecule has 2 amide bonds. The molecule has 212 valence electrons. The topological polar surface area (TPSA) is 86.3 Å². The summed E-state index contributed by atoms with van der Waals surface area (Å²) in [7, 11) is 0. The molecule has 0 bridgehead atoms. The fraction of sp³-hybridized carbons (Fsp3) is 0.406. The standard InChI is InChI=1S/C32H40N4O4/c1-2-33-32(38)34-28-10-6-9-27(19-28)31-39-29(20-30(40-31)26-13-11-25(23-37)12-14-26)22-36-17-15-35(16-18-36)21-24-7-4-3-5-8-24/h3-14,19,29-31,37H,2,15-18,20-23H2,1H3,(H2,33,34,38)/t29-,30+,31+/m1/s1. The number of anilines is 1. The van der Waals surface area contributed by atoms with Crippen LogP contribution in [0.4, 0.5) is 10.5 Å². The average Bonchev–Trinajstić information content (AvgIpc) is 2.99. The van der Waals surface area contributed by atoms with E-state index >= 15 is 0 Å². The van der Waals surface area contributed by atoms with Crippen molar-refractivity contribution in [3.8, 4) is 0 Å². The third-order valence-electron chi connectivity index (χ3n) is 7.54. The first kappa shape index (κ1) is 28.3. The number of rotatable bonds is 9. The second-order valence-corrected chi connectivity index (χ2v) is 10.5. The van der Waals surface area contributed by atoms with Crippen LogP contribution >= 0.6 is 0 Å². The van der Waals surface area contributed by atoms with Crippen LogP contribution in [-0.2, 0) is 22.6 Å². The Kier molecular flexibility index (Phi) is 9.81. The van der Waals surface area contributed by atoms with Crippen LogP contribution in [0, 0.1) is 0 Å². The first-order valence-corrected chi connectivity index (χ1v) is 14.2. The van der Waals surface area contributed by atoms with Crippen LogP contribution in [-0.4, -0.2) is 66.3 Å². The zero-order valence-electron chi connectivity index (χ0n) is 23.2. The van der Waals surface area contributed by atoms with Crippen molar-refractivity contribution in [1.29, 1.82) is 0 Å². The molecule has 0 radical (unpaired) electrons. The molecule has 5 rings (SSSR count). The quantitative estimate of drug-likeness (QED) is 0.363. The van der Waals surface area contributed by atoms with Gasteiger partial charge in [0.2, 0.25) is 0 Å². The summed E-state index contributed by atoms with van der Waals surface area (Å²) in [5.74, 6) is 0. The summed E-state index contributed by atoms with van der Waals surface area (Å²) >= 11 is 0. The molecule has 2 saturated heterocycles. The van der Waals surface area contributed by atoms with Gasteiger partial charge < -0.3 is 25.2 Å². The highest BCUT2D eigenvalue weighted by Crippen LogP contribution is 2.38. The van der Waals surface area contributed by atoms with E-state index in [9.17, 15) is 9.90 Å². The molecule has 0 saturated carbocycles. The van der Waals surface area contributed by atoms with Gasteiger partial charge in [-0.1, -0.05) is 66.7 Å². The Hall–Kier alpha value is -3.27. The summed E-state index contributed by atoms with van der Waals surface area (Å²) in [5, 5.41) is 15.1. The minimum Gasteiger partial charge on any atom is -0.392 e. The Morgan fingerprint density at radius 2 is 1.62 bits per heavy atom. The van der Waals surface area contributed by atoms with E-state index in [1.54, 1.807) is 0 Å². The van der Waals surface area contributed by atoms with Crippen molar-refractivity contribution in [2.75, 3.05) is 44.6 Å². The Morgan fingerprint density at radius 1 is 0.875 bits per heavy atom. The SMILES string of the molecule is CCNC(=O)Nc1cccc([C@H]2O[C@@H](CN3CCN(Cc4ccccc4)CC3)C[C@@H](c3ccc(CO)cc3)O2)c1. The highest BCUT2D eigenvalue weighted by Gasteiger charge is 2.34. The van der Waals surface area contributed by atoms with E-state index in [4.69, 9.17) is 9.47 Å². The summed E-state index contributed by atoms with van der Waals surface area (Å²) in [6.07, 6.45) is 0.0326. The van der Waals surface area contributed by atoms with Gasteiger partial charge in [-0.05, 0) is 35.7 Å². The smallest absolute Gasteiger partial charge is 0.319 e. The van der Waals surface area contributed by atoms with Gasteiger partial charge in [0.25, 0.3) is 0 Å². The number of nitrogens with one attached hydrogen (secondary N) is 2. The van der Waals surface area contributed by atoms with Crippen LogP contribution < -0.4 is 10.6 Å². The number of benzene rings is 3. The lowest BCUT2D eigenvalue weighted by atomic mass is 9.99. The summed E-state index contributed by atoms with van der Waals surface area (Å²) in [5.41, 5.74) is 4.85. The minimum absolute atomic E-state index is 0.0121. The van der Waals surface area contributed by atoms with Crippen LogP contribution in [0.25, 0.3) is 0 Å². The van der Waals surface area contributed by atoms with Gasteiger partial charge in [-0.3, -0.25) is 9.80 Å². The Labute approximate surface area is 236 Å². The maximum Gasteiger partial charge on any atom is 0.319 e. The first-order chi connectivity index (χ1) is 19.6. The van der Waals surface area contributed by atoms with Crippen molar-refractivity contribution in [3.05, 3.63) is 101 Å². The van der Waals surface area contributed by atoms with E-state index in [0.717, 1.165) is 62.4 Å². The molecule has 3 N–H and O–H groups in total. The lowest BCUT2D eigenvalue weighted by Gasteiger charge is -2.41. The van der Waals surface area contributed by atoms with Gasteiger partial charge in [0.05, 0.1) is 18.8 Å². The fourth-order valence-corrected chi connectivity index (χ4v) is 5.39. The molecule has 8 heteroatoms. The number of amides is 2. The molecule has 40 heavy (non-hydrogen) atoms. The molecule has 2 aliphatic rings. The second-order valence-electron chi connectivity index (χ2n) is 10.5. The van der Waals surface area contributed by atoms with Gasteiger partial charge in [0.1, 0.15) is 0 Å². The monoisotopic (exact) mass is 544 g/mol. The van der Waals surface area contributed by atoms with Crippen LogP contribution in [0.5, 0.6) is 0 Å². The van der Waals surface area contributed by atoms with Crippen LogP contribution in [0.3, 0.4) is 0 Å². The Morgan fingerprint density at radius 3 is 2.35 bits per heavy atom. The van der Waals surface area contributed by atoms with Gasteiger partial charge >= 0.3 is 6.03 Å². The number of nitrogens with zero attached hydrogens (tertiary/aromatic N) is 2. The Bertz CT molecular complexity index is 1220. The minimum atomic E-state index is -0.559. The highest BCUT2D eigenvalue weighted by molar-refractivity contribution is 5.89. The maximum absolute atomic E-state index is 12.1. The number of aliphatic hydroxyl groups excluding tert-OH is 1. The largest absolute Gasteiger partial charge is 0.392 e. The first-order valence-electron chi connectivity index (χ1n) is 14.2. The number of hydrogen-bond donors (Lipinski definition) is 3. The lowest BCUT2D eigenvalue weighted by Crippen LogP contribution is -2.49. The van der Waals surface area contributed by atoms with E-state index < -0.39 is 6.29 Å². The lowest BCUT2D eigenvalue weighted by molar-refractivity contribution is -0.253. The van der Waals surface area contributed by atoms with Gasteiger partial charge in [-0.2, -0.15) is 0 Å². The third-order valence-corrected chi connectivity index (χ3v) is 7.54. The van der Waals surface area contributed by atoms with Gasteiger partial charge in [0, 0.05) is 63.5 Å². The van der Waals surface area contributed by atoms with E-state index in [0.29, 0.717) is 12.2 Å². The summed E-state index contributed by atoms with van der Waals surface area (Å²) in [6.45, 7) is 8.33. The van der Waals surface area contributed by atoms with Crippen LogP contribution in [0.2, 0.25) is 0 Å².